The van der Waals surface area contributed by atoms with E-state index in [-0.39, 0.29) is 12.2 Å². The average Bonchev–Trinajstić information content (AvgIpc) is 2.77. The first-order valence-corrected chi connectivity index (χ1v) is 8.63. The molecule has 0 aromatic carbocycles. The molecule has 1 fully saturated rings. The molecule has 0 unspecified atom stereocenters. The summed E-state index contributed by atoms with van der Waals surface area (Å²) in [7, 11) is -5.72. The fraction of sp³-hybridized carbons (Fsp3) is 0.857. The van der Waals surface area contributed by atoms with E-state index in [1.165, 1.54) is 6.08 Å². The molecule has 0 radical (unpaired) electrons. The van der Waals surface area contributed by atoms with Crippen molar-refractivity contribution in [1.82, 2.24) is 0 Å². The van der Waals surface area contributed by atoms with Crippen LogP contribution in [0.4, 0.5) is 13.2 Å². The lowest BCUT2D eigenvalue weighted by atomic mass is 9.65. The Morgan fingerprint density at radius 1 is 1.13 bits per heavy atom. The van der Waals surface area contributed by atoms with Crippen LogP contribution in [0.3, 0.4) is 0 Å². The molecule has 23 heavy (non-hydrogen) atoms. The molecule has 1 aliphatic heterocycles. The van der Waals surface area contributed by atoms with Crippen LogP contribution in [0.25, 0.3) is 0 Å². The quantitative estimate of drug-likeness (QED) is 0.560. The van der Waals surface area contributed by atoms with E-state index < -0.39 is 32.2 Å². The van der Waals surface area contributed by atoms with Crippen molar-refractivity contribution in [1.29, 1.82) is 0 Å². The van der Waals surface area contributed by atoms with Crippen molar-refractivity contribution in [2.45, 2.75) is 51.8 Å². The third-order valence-electron chi connectivity index (χ3n) is 4.91. The van der Waals surface area contributed by atoms with Gasteiger partial charge in [0.15, 0.2) is 5.79 Å². The Kier molecular flexibility index (Phi) is 4.31. The van der Waals surface area contributed by atoms with E-state index in [9.17, 15) is 21.6 Å². The molecular weight excluding hydrogens is 337 g/mol. The summed E-state index contributed by atoms with van der Waals surface area (Å²) in [4.78, 5) is 0. The Morgan fingerprint density at radius 2 is 1.65 bits per heavy atom. The lowest BCUT2D eigenvalue weighted by Crippen LogP contribution is -2.42. The number of hydrogen-bond donors (Lipinski definition) is 0. The van der Waals surface area contributed by atoms with Crippen molar-refractivity contribution >= 4 is 10.1 Å². The molecule has 134 valence electrons. The molecule has 1 heterocycles. The highest BCUT2D eigenvalue weighted by Crippen LogP contribution is 2.54. The third kappa shape index (κ3) is 3.23. The Morgan fingerprint density at radius 3 is 2.13 bits per heavy atom. The van der Waals surface area contributed by atoms with Crippen molar-refractivity contribution in [2.75, 3.05) is 13.2 Å². The highest BCUT2D eigenvalue weighted by atomic mass is 32.2. The molecule has 0 aromatic rings. The van der Waals surface area contributed by atoms with Crippen LogP contribution in [0.15, 0.2) is 11.8 Å². The molecule has 2 aliphatic rings. The highest BCUT2D eigenvalue weighted by Gasteiger charge is 2.55. The summed E-state index contributed by atoms with van der Waals surface area (Å²) in [5, 5.41) is 0. The Balaban J connectivity index is 2.42. The zero-order chi connectivity index (χ0) is 17.7. The van der Waals surface area contributed by atoms with E-state index in [0.717, 1.165) is 0 Å². The molecule has 2 rings (SSSR count). The summed E-state index contributed by atoms with van der Waals surface area (Å²) in [6, 6.07) is 0. The fourth-order valence-electron chi connectivity index (χ4n) is 2.82. The van der Waals surface area contributed by atoms with Gasteiger partial charge < -0.3 is 13.7 Å². The van der Waals surface area contributed by atoms with Crippen molar-refractivity contribution in [3.63, 3.8) is 0 Å². The Bertz CT molecular complexity index is 598. The number of hydrogen-bond acceptors (Lipinski definition) is 5. The summed E-state index contributed by atoms with van der Waals surface area (Å²) in [6.45, 7) is 7.73. The molecule has 0 atom stereocenters. The second kappa shape index (κ2) is 5.35. The van der Waals surface area contributed by atoms with E-state index in [1.807, 2.05) is 13.8 Å². The van der Waals surface area contributed by atoms with Crippen molar-refractivity contribution in [3.05, 3.63) is 11.8 Å². The predicted octanol–water partition coefficient (Wildman–Crippen LogP) is 3.33. The van der Waals surface area contributed by atoms with Gasteiger partial charge >= 0.3 is 15.6 Å². The first-order valence-electron chi connectivity index (χ1n) is 7.22. The summed E-state index contributed by atoms with van der Waals surface area (Å²) in [5.74, 6) is -1.19. The second-order valence-electron chi connectivity index (χ2n) is 7.05. The number of ether oxygens (including phenoxy) is 2. The van der Waals surface area contributed by atoms with Gasteiger partial charge in [0.25, 0.3) is 0 Å². The van der Waals surface area contributed by atoms with Gasteiger partial charge in [0, 0.05) is 18.3 Å². The number of halogens is 3. The standard InChI is InChI=1S/C14H21F3O5S/c1-11(2)9-13(20-7-8-21-13)6-5-10(12(11,3)4)22-23(18,19)14(15,16)17/h5H,6-9H2,1-4H3. The van der Waals surface area contributed by atoms with E-state index in [4.69, 9.17) is 9.47 Å². The van der Waals surface area contributed by atoms with Gasteiger partial charge in [0.2, 0.25) is 0 Å². The summed E-state index contributed by atoms with van der Waals surface area (Å²) in [6.07, 6.45) is 1.87. The highest BCUT2D eigenvalue weighted by molar-refractivity contribution is 7.87. The minimum Gasteiger partial charge on any atom is -0.380 e. The number of rotatable bonds is 2. The molecule has 0 N–H and O–H groups in total. The number of alkyl halides is 3. The van der Waals surface area contributed by atoms with Gasteiger partial charge in [-0.2, -0.15) is 21.6 Å². The van der Waals surface area contributed by atoms with E-state index in [1.54, 1.807) is 13.8 Å². The second-order valence-corrected chi connectivity index (χ2v) is 8.59. The van der Waals surface area contributed by atoms with Gasteiger partial charge in [-0.1, -0.05) is 27.7 Å². The molecule has 5 nitrogen and oxygen atoms in total. The molecule has 1 spiro atoms. The van der Waals surface area contributed by atoms with Gasteiger partial charge in [-0.25, -0.2) is 0 Å². The summed E-state index contributed by atoms with van der Waals surface area (Å²) in [5.41, 5.74) is -7.07. The number of allylic oxidation sites excluding steroid dienone is 1. The summed E-state index contributed by atoms with van der Waals surface area (Å²) >= 11 is 0. The maximum Gasteiger partial charge on any atom is 0.534 e. The monoisotopic (exact) mass is 358 g/mol. The molecule has 1 saturated heterocycles. The van der Waals surface area contributed by atoms with Crippen LogP contribution in [0, 0.1) is 10.8 Å². The fourth-order valence-corrected chi connectivity index (χ4v) is 3.43. The van der Waals surface area contributed by atoms with Crippen LogP contribution in [-0.4, -0.2) is 32.9 Å². The maximum absolute atomic E-state index is 12.6. The smallest absolute Gasteiger partial charge is 0.380 e. The molecule has 0 saturated carbocycles. The summed E-state index contributed by atoms with van der Waals surface area (Å²) < 4.78 is 76.5. The zero-order valence-corrected chi connectivity index (χ0v) is 14.3. The molecular formula is C14H21F3O5S. The maximum atomic E-state index is 12.6. The van der Waals surface area contributed by atoms with Gasteiger partial charge in [-0.05, 0) is 11.5 Å². The molecule has 0 amide bonds. The lowest BCUT2D eigenvalue weighted by molar-refractivity contribution is -0.181. The van der Waals surface area contributed by atoms with Crippen LogP contribution >= 0.6 is 0 Å². The van der Waals surface area contributed by atoms with Crippen LogP contribution in [0.5, 0.6) is 0 Å². The first-order chi connectivity index (χ1) is 10.2. The van der Waals surface area contributed by atoms with Crippen LogP contribution in [-0.2, 0) is 23.8 Å². The molecule has 1 aliphatic carbocycles. The van der Waals surface area contributed by atoms with Gasteiger partial charge in [-0.3, -0.25) is 0 Å². The molecule has 0 aromatic heterocycles. The van der Waals surface area contributed by atoms with Crippen molar-refractivity contribution in [3.8, 4) is 0 Å². The third-order valence-corrected chi connectivity index (χ3v) is 5.88. The average molecular weight is 358 g/mol. The topological polar surface area (TPSA) is 61.8 Å². The van der Waals surface area contributed by atoms with Gasteiger partial charge in [0.1, 0.15) is 5.76 Å². The van der Waals surface area contributed by atoms with E-state index >= 15 is 0 Å². The van der Waals surface area contributed by atoms with Crippen LogP contribution in [0.2, 0.25) is 0 Å². The molecule has 0 bridgehead atoms. The Hall–Kier alpha value is -0.800. The first kappa shape index (κ1) is 18.5. The predicted molar refractivity (Wildman–Crippen MR) is 75.6 cm³/mol. The zero-order valence-electron chi connectivity index (χ0n) is 13.5. The van der Waals surface area contributed by atoms with E-state index in [2.05, 4.69) is 4.18 Å². The van der Waals surface area contributed by atoms with E-state index in [0.29, 0.717) is 19.6 Å². The normalized spacial score (nSPS) is 26.7. The largest absolute Gasteiger partial charge is 0.534 e. The van der Waals surface area contributed by atoms with Gasteiger partial charge in [-0.15, -0.1) is 0 Å². The Labute approximate surface area is 133 Å². The van der Waals surface area contributed by atoms with Crippen LogP contribution < -0.4 is 0 Å². The minimum absolute atomic E-state index is 0.128. The van der Waals surface area contributed by atoms with Gasteiger partial charge in [0.05, 0.1) is 13.2 Å². The van der Waals surface area contributed by atoms with Crippen LogP contribution in [0.1, 0.15) is 40.5 Å². The lowest BCUT2D eigenvalue weighted by Gasteiger charge is -2.43. The molecule has 9 heteroatoms. The SMILES string of the molecule is CC1(C)CC2(CC=C(OS(=O)(=O)C(F)(F)F)C1(C)C)OCCO2. The minimum atomic E-state index is -5.72. The van der Waals surface area contributed by atoms with Crippen molar-refractivity contribution < 1.29 is 35.2 Å². The van der Waals surface area contributed by atoms with Crippen molar-refractivity contribution in [2.24, 2.45) is 10.8 Å².